The lowest BCUT2D eigenvalue weighted by Gasteiger charge is -2.44. The number of pyridine rings is 1. The van der Waals surface area contributed by atoms with E-state index >= 15 is 0 Å². The van der Waals surface area contributed by atoms with Crippen LogP contribution in [0, 0.1) is 0 Å². The highest BCUT2D eigenvalue weighted by Gasteiger charge is 2.45. The summed E-state index contributed by atoms with van der Waals surface area (Å²) in [6.45, 7) is 11.4. The first-order valence-electron chi connectivity index (χ1n) is 12.1. The van der Waals surface area contributed by atoms with Crippen molar-refractivity contribution < 1.29 is 23.7 Å². The van der Waals surface area contributed by atoms with Crippen LogP contribution in [0.25, 0.3) is 11.3 Å². The molecule has 4 rings (SSSR count). The maximum atomic E-state index is 12.9. The molecule has 0 unspecified atom stereocenters. The second kappa shape index (κ2) is 9.22. The van der Waals surface area contributed by atoms with Gasteiger partial charge in [-0.15, -0.1) is 0 Å². The highest BCUT2D eigenvalue weighted by atomic mass is 16.5. The van der Waals surface area contributed by atoms with E-state index in [1.54, 1.807) is 13.3 Å². The zero-order chi connectivity index (χ0) is 25.5. The number of carbonyl (C=O) groups is 1. The quantitative estimate of drug-likeness (QED) is 0.424. The van der Waals surface area contributed by atoms with Gasteiger partial charge in [-0.2, -0.15) is 0 Å². The van der Waals surface area contributed by atoms with E-state index in [1.807, 2.05) is 31.5 Å². The number of rotatable bonds is 7. The molecule has 2 aromatic rings. The summed E-state index contributed by atoms with van der Waals surface area (Å²) in [6, 6.07) is 5.61. The van der Waals surface area contributed by atoms with Crippen molar-refractivity contribution in [3.63, 3.8) is 0 Å². The summed E-state index contributed by atoms with van der Waals surface area (Å²) < 4.78 is 24.5. The maximum Gasteiger partial charge on any atom is 0.343 e. The van der Waals surface area contributed by atoms with Gasteiger partial charge >= 0.3 is 5.97 Å². The fraction of sp³-hybridized carbons (Fsp3) is 0.556. The number of benzene rings is 1. The summed E-state index contributed by atoms with van der Waals surface area (Å²) in [7, 11) is 2.96. The Kier molecular flexibility index (Phi) is 6.62. The number of esters is 1. The summed E-state index contributed by atoms with van der Waals surface area (Å²) in [5, 5.41) is 2.26. The number of ether oxygens (including phenoxy) is 4. The van der Waals surface area contributed by atoms with Crippen LogP contribution in [-0.2, 0) is 9.47 Å². The molecular formula is C27H36N2O6. The Balaban J connectivity index is 1.91. The predicted molar refractivity (Wildman–Crippen MR) is 134 cm³/mol. The molecule has 2 aliphatic heterocycles. The first-order valence-corrected chi connectivity index (χ1v) is 12.1. The molecule has 8 heteroatoms. The largest absolute Gasteiger partial charge is 0.490 e. The van der Waals surface area contributed by atoms with Crippen LogP contribution in [0.1, 0.15) is 75.8 Å². The van der Waals surface area contributed by atoms with Crippen molar-refractivity contribution >= 4 is 5.97 Å². The first kappa shape index (κ1) is 25.1. The van der Waals surface area contributed by atoms with E-state index < -0.39 is 11.6 Å². The predicted octanol–water partition coefficient (Wildman–Crippen LogP) is 4.46. The summed E-state index contributed by atoms with van der Waals surface area (Å²) in [6.07, 6.45) is 4.27. The van der Waals surface area contributed by atoms with E-state index in [0.29, 0.717) is 30.4 Å². The van der Waals surface area contributed by atoms with Crippen molar-refractivity contribution in [2.24, 2.45) is 0 Å². The Bertz CT molecular complexity index is 1180. The van der Waals surface area contributed by atoms with Crippen LogP contribution in [0.5, 0.6) is 11.5 Å². The molecule has 1 aromatic carbocycles. The Hall–Kier alpha value is -3.00. The summed E-state index contributed by atoms with van der Waals surface area (Å²) in [4.78, 5) is 25.3. The molecule has 0 amide bonds. The molecule has 8 nitrogen and oxygen atoms in total. The highest BCUT2D eigenvalue weighted by molar-refractivity contribution is 5.89. The van der Waals surface area contributed by atoms with E-state index in [1.165, 1.54) is 13.2 Å². The molecule has 35 heavy (non-hydrogen) atoms. The van der Waals surface area contributed by atoms with Gasteiger partial charge in [0.1, 0.15) is 11.2 Å². The van der Waals surface area contributed by atoms with Crippen LogP contribution in [0.2, 0.25) is 0 Å². The van der Waals surface area contributed by atoms with E-state index in [9.17, 15) is 9.59 Å². The molecule has 1 saturated heterocycles. The van der Waals surface area contributed by atoms with Gasteiger partial charge in [-0.05, 0) is 65.2 Å². The first-order chi connectivity index (χ1) is 16.5. The summed E-state index contributed by atoms with van der Waals surface area (Å²) in [5.41, 5.74) is 1.73. The van der Waals surface area contributed by atoms with Crippen LogP contribution >= 0.6 is 0 Å². The lowest BCUT2D eigenvalue weighted by molar-refractivity contribution is 0.0598. The average Bonchev–Trinajstić information content (AvgIpc) is 3.10. The minimum Gasteiger partial charge on any atom is -0.490 e. The van der Waals surface area contributed by atoms with Crippen LogP contribution in [0.3, 0.4) is 0 Å². The van der Waals surface area contributed by atoms with Gasteiger partial charge in [0.2, 0.25) is 0 Å². The number of methoxy groups -OCH3 is 2. The Morgan fingerprint density at radius 2 is 1.86 bits per heavy atom. The molecule has 0 radical (unpaired) electrons. The zero-order valence-corrected chi connectivity index (χ0v) is 21.8. The fourth-order valence-electron chi connectivity index (χ4n) is 5.02. The van der Waals surface area contributed by atoms with Crippen LogP contribution in [0.4, 0.5) is 0 Å². The van der Waals surface area contributed by atoms with E-state index in [2.05, 4.69) is 24.9 Å². The van der Waals surface area contributed by atoms with Gasteiger partial charge in [-0.25, -0.2) is 4.79 Å². The van der Waals surface area contributed by atoms with Crippen molar-refractivity contribution in [3.8, 4) is 22.8 Å². The molecule has 2 aliphatic rings. The Morgan fingerprint density at radius 1 is 1.11 bits per heavy atom. The third-order valence-corrected chi connectivity index (χ3v) is 6.53. The number of carbonyl (C=O) groups excluding carboxylic acids is 1. The van der Waals surface area contributed by atoms with Crippen molar-refractivity contribution in [1.29, 1.82) is 0 Å². The second-order valence-electron chi connectivity index (χ2n) is 10.8. The molecule has 1 atom stereocenters. The number of aromatic nitrogens is 1. The number of fused-ring (bicyclic) bond motifs is 6. The topological polar surface area (TPSA) is 79.2 Å². The lowest BCUT2D eigenvalue weighted by atomic mass is 9.93. The Morgan fingerprint density at radius 3 is 2.51 bits per heavy atom. The molecule has 1 fully saturated rings. The molecular weight excluding hydrogens is 448 g/mol. The van der Waals surface area contributed by atoms with Crippen LogP contribution < -0.4 is 19.9 Å². The van der Waals surface area contributed by atoms with E-state index in [4.69, 9.17) is 18.9 Å². The second-order valence-corrected chi connectivity index (χ2v) is 10.8. The van der Waals surface area contributed by atoms with Gasteiger partial charge in [0, 0.05) is 38.0 Å². The molecule has 1 aromatic heterocycles. The van der Waals surface area contributed by atoms with Gasteiger partial charge < -0.3 is 18.9 Å². The monoisotopic (exact) mass is 484 g/mol. The van der Waals surface area contributed by atoms with Gasteiger partial charge in [0.05, 0.1) is 31.0 Å². The smallest absolute Gasteiger partial charge is 0.343 e. The number of hydrogen-bond donors (Lipinski definition) is 0. The van der Waals surface area contributed by atoms with Crippen LogP contribution in [-0.4, -0.2) is 49.2 Å². The van der Waals surface area contributed by atoms with Crippen molar-refractivity contribution in [2.45, 2.75) is 71.1 Å². The molecule has 0 bridgehead atoms. The zero-order valence-electron chi connectivity index (χ0n) is 21.8. The van der Waals surface area contributed by atoms with Crippen molar-refractivity contribution in [2.75, 3.05) is 32.4 Å². The Labute approximate surface area is 206 Å². The standard InChI is InChI=1S/C27H36N2O6/c1-26(2,3)35-24-14-18-17(13-23(24)34-12-8-11-32-6)20-9-10-27(4,5)29(20)28-16-19(25(31)33-7)22(30)15-21(18)28/h13-16,20H,8-12H2,1-7H3/t20-/m0/s1. The van der Waals surface area contributed by atoms with Gasteiger partial charge in [0.25, 0.3) is 0 Å². The highest BCUT2D eigenvalue weighted by Crippen LogP contribution is 2.50. The maximum absolute atomic E-state index is 12.9. The van der Waals surface area contributed by atoms with E-state index in [0.717, 1.165) is 30.4 Å². The normalized spacial score (nSPS) is 17.9. The lowest BCUT2D eigenvalue weighted by Crippen LogP contribution is -2.50. The number of hydrogen-bond acceptors (Lipinski definition) is 7. The molecule has 0 spiro atoms. The van der Waals surface area contributed by atoms with Crippen molar-refractivity contribution in [3.05, 3.63) is 45.7 Å². The average molecular weight is 485 g/mol. The van der Waals surface area contributed by atoms with Gasteiger partial charge in [-0.3, -0.25) is 14.5 Å². The minimum absolute atomic E-state index is 0.0189. The minimum atomic E-state index is -0.638. The van der Waals surface area contributed by atoms with Gasteiger partial charge in [0.15, 0.2) is 16.9 Å². The molecule has 190 valence electrons. The van der Waals surface area contributed by atoms with Crippen molar-refractivity contribution in [1.82, 2.24) is 4.68 Å². The summed E-state index contributed by atoms with van der Waals surface area (Å²) in [5.74, 6) is 0.665. The fourth-order valence-corrected chi connectivity index (χ4v) is 5.02. The number of nitrogens with zero attached hydrogens (tertiary/aromatic N) is 2. The molecule has 0 saturated carbocycles. The molecule has 0 aliphatic carbocycles. The van der Waals surface area contributed by atoms with E-state index in [-0.39, 0.29) is 22.6 Å². The molecule has 0 N–H and O–H groups in total. The summed E-state index contributed by atoms with van der Waals surface area (Å²) >= 11 is 0. The molecule has 3 heterocycles. The SMILES string of the molecule is COCCCOc1cc2c(cc1OC(C)(C)C)-c1cc(=O)c(C(=O)OC)cn1N1[C@H]2CCC1(C)C. The van der Waals surface area contributed by atoms with Crippen LogP contribution in [0.15, 0.2) is 29.2 Å². The third-order valence-electron chi connectivity index (χ3n) is 6.53. The van der Waals surface area contributed by atoms with Gasteiger partial charge in [-0.1, -0.05) is 0 Å². The third kappa shape index (κ3) is 4.76.